The lowest BCUT2D eigenvalue weighted by Crippen LogP contribution is -2.49. The smallest absolute Gasteiger partial charge is 0.409 e. The number of anilines is 3. The van der Waals surface area contributed by atoms with Gasteiger partial charge in [-0.05, 0) is 49.2 Å². The number of amides is 1. The Bertz CT molecular complexity index is 1530. The van der Waals surface area contributed by atoms with Crippen molar-refractivity contribution in [2.45, 2.75) is 32.8 Å². The second kappa shape index (κ2) is 12.4. The number of hydrogen-bond acceptors (Lipinski definition) is 9. The molecule has 2 N–H and O–H groups in total. The molecule has 5 rings (SSSR count). The zero-order chi connectivity index (χ0) is 28.9. The van der Waals surface area contributed by atoms with Gasteiger partial charge in [0.05, 0.1) is 30.8 Å². The van der Waals surface area contributed by atoms with E-state index in [0.717, 1.165) is 30.8 Å². The number of fused-ring (bicyclic) bond motifs is 1. The molecule has 0 aliphatic carbocycles. The van der Waals surface area contributed by atoms with E-state index in [0.29, 0.717) is 49.6 Å². The summed E-state index contributed by atoms with van der Waals surface area (Å²) in [5.41, 5.74) is 1.53. The van der Waals surface area contributed by atoms with Crippen molar-refractivity contribution in [1.82, 2.24) is 24.8 Å². The number of aromatic nitrogens is 4. The third kappa shape index (κ3) is 6.32. The second-order valence-corrected chi connectivity index (χ2v) is 9.79. The molecule has 1 amide bonds. The van der Waals surface area contributed by atoms with Crippen molar-refractivity contribution in [3.63, 3.8) is 0 Å². The van der Waals surface area contributed by atoms with Crippen molar-refractivity contribution in [3.05, 3.63) is 66.1 Å². The van der Waals surface area contributed by atoms with Gasteiger partial charge < -0.3 is 25.0 Å². The minimum atomic E-state index is -0.868. The van der Waals surface area contributed by atoms with Crippen molar-refractivity contribution in [2.75, 3.05) is 43.0 Å². The topological polar surface area (TPSA) is 117 Å². The molecule has 0 spiro atoms. The Kier molecular flexibility index (Phi) is 8.48. The summed E-state index contributed by atoms with van der Waals surface area (Å²) in [7, 11) is 0. The zero-order valence-corrected chi connectivity index (χ0v) is 22.8. The molecule has 214 valence electrons. The van der Waals surface area contributed by atoms with Gasteiger partial charge in [0, 0.05) is 43.3 Å². The number of benzene rings is 1. The number of halogens is 2. The Morgan fingerprint density at radius 3 is 2.59 bits per heavy atom. The number of hydrogen-bond donors (Lipinski definition) is 2. The summed E-state index contributed by atoms with van der Waals surface area (Å²) in [6.45, 7) is 6.46. The first-order valence-electron chi connectivity index (χ1n) is 13.5. The molecule has 10 nitrogen and oxygen atoms in total. The lowest BCUT2D eigenvalue weighted by atomic mass is 10.0. The first-order chi connectivity index (χ1) is 19.8. The highest BCUT2D eigenvalue weighted by molar-refractivity contribution is 5.87. The minimum Gasteiger partial charge on any atom is -0.449 e. The number of unbranched alkanes of at least 4 members (excludes halogenated alkanes) is 1. The summed E-state index contributed by atoms with van der Waals surface area (Å²) in [5, 5.41) is 13.5. The van der Waals surface area contributed by atoms with Gasteiger partial charge in [0.25, 0.3) is 0 Å². The van der Waals surface area contributed by atoms with Crippen molar-refractivity contribution >= 4 is 34.4 Å². The molecule has 1 fully saturated rings. The number of nitrogens with zero attached hydrogens (tertiary/aromatic N) is 6. The van der Waals surface area contributed by atoms with E-state index in [1.165, 1.54) is 6.20 Å². The van der Waals surface area contributed by atoms with Crippen molar-refractivity contribution in [2.24, 2.45) is 0 Å². The van der Waals surface area contributed by atoms with E-state index in [-0.39, 0.29) is 28.8 Å². The Hall–Kier alpha value is -4.45. The summed E-state index contributed by atoms with van der Waals surface area (Å²) in [5.74, 6) is -0.860. The van der Waals surface area contributed by atoms with Gasteiger partial charge in [0.2, 0.25) is 5.95 Å². The van der Waals surface area contributed by atoms with Crippen LogP contribution in [0.15, 0.2) is 48.9 Å². The molecule has 1 aromatic carbocycles. The average Bonchev–Trinajstić information content (AvgIpc) is 2.98. The molecule has 1 aliphatic heterocycles. The highest BCUT2D eigenvalue weighted by Gasteiger charge is 2.22. The molecular formula is C29H31F2N7O3. The molecule has 3 aromatic heterocycles. The number of aliphatic hydroxyl groups is 1. The molecule has 12 heteroatoms. The van der Waals surface area contributed by atoms with Crippen LogP contribution in [0.25, 0.3) is 22.2 Å². The predicted molar refractivity (Wildman–Crippen MR) is 151 cm³/mol. The number of rotatable bonds is 8. The molecule has 41 heavy (non-hydrogen) atoms. The van der Waals surface area contributed by atoms with E-state index in [2.05, 4.69) is 30.2 Å². The summed E-state index contributed by atoms with van der Waals surface area (Å²) in [6, 6.07) is 7.95. The maximum absolute atomic E-state index is 14.9. The van der Waals surface area contributed by atoms with E-state index >= 15 is 0 Å². The lowest BCUT2D eigenvalue weighted by molar-refractivity contribution is 0.0989. The molecule has 4 aromatic rings. The van der Waals surface area contributed by atoms with Crippen LogP contribution in [0.3, 0.4) is 0 Å². The fourth-order valence-electron chi connectivity index (χ4n) is 4.67. The first kappa shape index (κ1) is 28.1. The van der Waals surface area contributed by atoms with Crippen LogP contribution in [0, 0.1) is 11.6 Å². The molecule has 0 saturated carbocycles. The van der Waals surface area contributed by atoms with Gasteiger partial charge in [-0.1, -0.05) is 13.3 Å². The van der Waals surface area contributed by atoms with E-state index < -0.39 is 17.7 Å². The number of nitrogens with one attached hydrogen (secondary N) is 1. The van der Waals surface area contributed by atoms with Crippen LogP contribution in [0.1, 0.15) is 38.4 Å². The fraction of sp³-hybridized carbons (Fsp3) is 0.345. The molecule has 1 saturated heterocycles. The van der Waals surface area contributed by atoms with Crippen LogP contribution < -0.4 is 10.2 Å². The third-order valence-corrected chi connectivity index (χ3v) is 6.91. The maximum atomic E-state index is 14.9. The monoisotopic (exact) mass is 563 g/mol. The number of pyridine rings is 2. The van der Waals surface area contributed by atoms with Crippen LogP contribution in [0.5, 0.6) is 0 Å². The Morgan fingerprint density at radius 1 is 1.07 bits per heavy atom. The maximum Gasteiger partial charge on any atom is 0.409 e. The van der Waals surface area contributed by atoms with Gasteiger partial charge in [-0.3, -0.25) is 4.98 Å². The number of aliphatic hydroxyl groups excluding tert-OH is 1. The molecule has 1 atom stereocenters. The number of carbonyl (C=O) groups is 1. The zero-order valence-electron chi connectivity index (χ0n) is 22.8. The summed E-state index contributed by atoms with van der Waals surface area (Å²) < 4.78 is 35.0. The molecule has 0 bridgehead atoms. The SMILES string of the molecule is CCCCOC(=O)N1CCN(c2ccc(Nc3ncc(F)c(-c4cc(F)c5nccc(C(C)O)c5c4)n3)nc2)CC1. The van der Waals surface area contributed by atoms with Crippen molar-refractivity contribution in [3.8, 4) is 11.3 Å². The van der Waals surface area contributed by atoms with E-state index in [4.69, 9.17) is 4.74 Å². The number of carbonyl (C=O) groups excluding carboxylic acids is 1. The second-order valence-electron chi connectivity index (χ2n) is 9.79. The van der Waals surface area contributed by atoms with Gasteiger partial charge in [0.15, 0.2) is 5.82 Å². The quantitative estimate of drug-likeness (QED) is 0.278. The van der Waals surface area contributed by atoms with Crippen molar-refractivity contribution in [1.29, 1.82) is 0 Å². The number of ether oxygens (including phenoxy) is 1. The van der Waals surface area contributed by atoms with Crippen LogP contribution in [-0.2, 0) is 4.74 Å². The Labute approximate surface area is 236 Å². The van der Waals surface area contributed by atoms with Crippen LogP contribution >= 0.6 is 0 Å². The van der Waals surface area contributed by atoms with Gasteiger partial charge in [0.1, 0.15) is 22.8 Å². The first-order valence-corrected chi connectivity index (χ1v) is 13.5. The highest BCUT2D eigenvalue weighted by Crippen LogP contribution is 2.31. The molecule has 1 unspecified atom stereocenters. The Morgan fingerprint density at radius 2 is 1.88 bits per heavy atom. The average molecular weight is 564 g/mol. The predicted octanol–water partition coefficient (Wildman–Crippen LogP) is 5.22. The van der Waals surface area contributed by atoms with Gasteiger partial charge >= 0.3 is 6.09 Å². The summed E-state index contributed by atoms with van der Waals surface area (Å²) in [4.78, 5) is 32.8. The fourth-order valence-corrected chi connectivity index (χ4v) is 4.67. The van der Waals surface area contributed by atoms with Crippen LogP contribution in [0.2, 0.25) is 0 Å². The lowest BCUT2D eigenvalue weighted by Gasteiger charge is -2.35. The Balaban J connectivity index is 1.28. The summed E-state index contributed by atoms with van der Waals surface area (Å²) >= 11 is 0. The third-order valence-electron chi connectivity index (χ3n) is 6.91. The molecule has 1 aliphatic rings. The minimum absolute atomic E-state index is 0.0811. The summed E-state index contributed by atoms with van der Waals surface area (Å²) in [6.07, 6.45) is 4.81. The molecule has 4 heterocycles. The largest absolute Gasteiger partial charge is 0.449 e. The molecule has 0 radical (unpaired) electrons. The van der Waals surface area contributed by atoms with E-state index in [1.807, 2.05) is 13.0 Å². The van der Waals surface area contributed by atoms with Crippen LogP contribution in [0.4, 0.5) is 31.0 Å². The van der Waals surface area contributed by atoms with Gasteiger partial charge in [-0.2, -0.15) is 0 Å². The standard InChI is InChI=1S/C29H31F2N7O3/c1-3-4-13-41-29(40)38-11-9-37(10-12-38)20-5-6-25(33-16-20)35-28-34-17-24(31)26(36-28)19-14-22-21(18(2)39)7-8-32-27(22)23(30)15-19/h5-8,14-18,39H,3-4,9-13H2,1-2H3,(H,33,34,35,36). The van der Waals surface area contributed by atoms with E-state index in [1.54, 1.807) is 36.2 Å². The normalized spacial score (nSPS) is 14.3. The van der Waals surface area contributed by atoms with E-state index in [9.17, 15) is 18.7 Å². The molecular weight excluding hydrogens is 532 g/mol. The van der Waals surface area contributed by atoms with Crippen molar-refractivity contribution < 1.29 is 23.4 Å². The van der Waals surface area contributed by atoms with Gasteiger partial charge in [-0.25, -0.2) is 28.5 Å². The van der Waals surface area contributed by atoms with Crippen LogP contribution in [-0.4, -0.2) is 68.8 Å². The number of piperazine rings is 1. The van der Waals surface area contributed by atoms with Gasteiger partial charge in [-0.15, -0.1) is 0 Å². The highest BCUT2D eigenvalue weighted by atomic mass is 19.1.